The first kappa shape index (κ1) is 18.8. The van der Waals surface area contributed by atoms with E-state index in [4.69, 9.17) is 4.74 Å². The average Bonchev–Trinajstić information content (AvgIpc) is 2.67. The lowest BCUT2D eigenvalue weighted by molar-refractivity contribution is -0.117. The van der Waals surface area contributed by atoms with Crippen LogP contribution in [-0.2, 0) is 17.8 Å². The Balaban J connectivity index is 2.24. The van der Waals surface area contributed by atoms with Gasteiger partial charge in [-0.2, -0.15) is 5.26 Å². The van der Waals surface area contributed by atoms with Crippen LogP contribution in [0.15, 0.2) is 60.7 Å². The zero-order valence-corrected chi connectivity index (χ0v) is 14.5. The van der Waals surface area contributed by atoms with Gasteiger partial charge in [-0.05, 0) is 35.8 Å². The van der Waals surface area contributed by atoms with Crippen molar-refractivity contribution in [2.45, 2.75) is 13.0 Å². The van der Waals surface area contributed by atoms with Crippen molar-refractivity contribution in [3.63, 3.8) is 0 Å². The van der Waals surface area contributed by atoms with Gasteiger partial charge < -0.3 is 15.2 Å². The van der Waals surface area contributed by atoms with Gasteiger partial charge in [0.1, 0.15) is 11.6 Å². The highest BCUT2D eigenvalue weighted by Crippen LogP contribution is 2.32. The van der Waals surface area contributed by atoms with E-state index >= 15 is 0 Å². The first-order chi connectivity index (χ1) is 12.6. The monoisotopic (exact) mass is 348 g/mol. The zero-order valence-electron chi connectivity index (χ0n) is 14.5. The van der Waals surface area contributed by atoms with Gasteiger partial charge in [0, 0.05) is 12.1 Å². The Morgan fingerprint density at radius 1 is 1.35 bits per heavy atom. The molecule has 0 aliphatic carbocycles. The first-order valence-corrected chi connectivity index (χ1v) is 8.03. The number of aromatic hydroxyl groups is 1. The molecule has 2 aromatic carbocycles. The zero-order chi connectivity index (χ0) is 18.9. The molecule has 0 radical (unpaired) electrons. The van der Waals surface area contributed by atoms with Crippen LogP contribution in [0.4, 0.5) is 0 Å². The molecule has 1 amide bonds. The van der Waals surface area contributed by atoms with E-state index in [1.54, 1.807) is 18.2 Å². The predicted octanol–water partition coefficient (Wildman–Crippen LogP) is 3.35. The van der Waals surface area contributed by atoms with E-state index in [1.165, 1.54) is 13.2 Å². The van der Waals surface area contributed by atoms with Gasteiger partial charge in [0.05, 0.1) is 7.11 Å². The molecule has 0 aliphatic rings. The third-order valence-corrected chi connectivity index (χ3v) is 3.73. The molecule has 0 saturated carbocycles. The highest BCUT2D eigenvalue weighted by molar-refractivity contribution is 6.01. The minimum atomic E-state index is -0.464. The molecule has 0 saturated heterocycles. The van der Waals surface area contributed by atoms with Gasteiger partial charge in [-0.25, -0.2) is 0 Å². The number of nitriles is 1. The number of ether oxygens (including phenoxy) is 1. The second-order valence-corrected chi connectivity index (χ2v) is 5.56. The van der Waals surface area contributed by atoms with Crippen LogP contribution in [0, 0.1) is 11.3 Å². The summed E-state index contributed by atoms with van der Waals surface area (Å²) < 4.78 is 5.16. The van der Waals surface area contributed by atoms with E-state index < -0.39 is 5.91 Å². The second-order valence-electron chi connectivity index (χ2n) is 5.56. The quantitative estimate of drug-likeness (QED) is 0.457. The Morgan fingerprint density at radius 2 is 2.08 bits per heavy atom. The van der Waals surface area contributed by atoms with E-state index in [0.29, 0.717) is 24.1 Å². The number of nitrogens with one attached hydrogen (secondary N) is 1. The van der Waals surface area contributed by atoms with Crippen molar-refractivity contribution < 1.29 is 14.6 Å². The molecule has 0 spiro atoms. The summed E-state index contributed by atoms with van der Waals surface area (Å²) in [5, 5.41) is 22.2. The highest BCUT2D eigenvalue weighted by Gasteiger charge is 2.12. The fourth-order valence-corrected chi connectivity index (χ4v) is 2.43. The van der Waals surface area contributed by atoms with Gasteiger partial charge in [0.2, 0.25) is 0 Å². The number of allylic oxidation sites excluding steroid dienone is 1. The predicted molar refractivity (Wildman–Crippen MR) is 100 cm³/mol. The summed E-state index contributed by atoms with van der Waals surface area (Å²) >= 11 is 0. The van der Waals surface area contributed by atoms with Gasteiger partial charge in [0.15, 0.2) is 11.5 Å². The van der Waals surface area contributed by atoms with Gasteiger partial charge in [-0.15, -0.1) is 6.58 Å². The molecule has 0 aromatic heterocycles. The maximum absolute atomic E-state index is 12.3. The molecule has 5 heteroatoms. The summed E-state index contributed by atoms with van der Waals surface area (Å²) in [7, 11) is 1.44. The summed E-state index contributed by atoms with van der Waals surface area (Å²) in [6.45, 7) is 3.99. The van der Waals surface area contributed by atoms with Crippen molar-refractivity contribution in [3.8, 4) is 17.6 Å². The third-order valence-electron chi connectivity index (χ3n) is 3.73. The lowest BCUT2D eigenvalue weighted by atomic mass is 10.0. The Labute approximate surface area is 152 Å². The molecule has 0 unspecified atom stereocenters. The number of phenolic OH excluding ortho intramolecular Hbond substituents is 1. The fraction of sp³-hybridized carbons (Fsp3) is 0.143. The van der Waals surface area contributed by atoms with E-state index in [1.807, 2.05) is 36.4 Å². The molecule has 26 heavy (non-hydrogen) atoms. The molecule has 132 valence electrons. The van der Waals surface area contributed by atoms with Crippen LogP contribution in [0.1, 0.15) is 16.7 Å². The van der Waals surface area contributed by atoms with Crippen LogP contribution in [0.3, 0.4) is 0 Å². The van der Waals surface area contributed by atoms with Gasteiger partial charge >= 0.3 is 0 Å². The first-order valence-electron chi connectivity index (χ1n) is 8.03. The topological polar surface area (TPSA) is 82.4 Å². The lowest BCUT2D eigenvalue weighted by Gasteiger charge is -2.10. The number of hydrogen-bond acceptors (Lipinski definition) is 4. The van der Waals surface area contributed by atoms with Crippen LogP contribution < -0.4 is 10.1 Å². The highest BCUT2D eigenvalue weighted by atomic mass is 16.5. The molecular weight excluding hydrogens is 328 g/mol. The maximum Gasteiger partial charge on any atom is 0.262 e. The summed E-state index contributed by atoms with van der Waals surface area (Å²) in [5.41, 5.74) is 2.10. The SMILES string of the molecule is C=CCc1cc(/C=C(/C#N)C(=O)NCc2ccccc2)cc(OC)c1O. The molecule has 0 atom stereocenters. The Morgan fingerprint density at radius 3 is 2.69 bits per heavy atom. The van der Waals surface area contributed by atoms with Crippen molar-refractivity contribution in [1.82, 2.24) is 5.32 Å². The Bertz CT molecular complexity index is 865. The number of phenols is 1. The van der Waals surface area contributed by atoms with Crippen molar-refractivity contribution in [3.05, 3.63) is 77.4 Å². The molecular formula is C21H20N2O3. The molecule has 0 heterocycles. The summed E-state index contributed by atoms with van der Waals surface area (Å²) in [6.07, 6.45) is 3.56. The van der Waals surface area contributed by atoms with Crippen LogP contribution >= 0.6 is 0 Å². The molecule has 2 rings (SSSR count). The smallest absolute Gasteiger partial charge is 0.262 e. The number of nitrogens with zero attached hydrogens (tertiary/aromatic N) is 1. The number of benzene rings is 2. The molecule has 2 aromatic rings. The normalized spacial score (nSPS) is 10.7. The molecule has 0 aliphatic heterocycles. The number of methoxy groups -OCH3 is 1. The van der Waals surface area contributed by atoms with Gasteiger partial charge in [-0.1, -0.05) is 36.4 Å². The Hall–Kier alpha value is -3.52. The number of hydrogen-bond donors (Lipinski definition) is 2. The van der Waals surface area contributed by atoms with Crippen molar-refractivity contribution in [2.75, 3.05) is 7.11 Å². The minimum absolute atomic E-state index is 0.0246. The van der Waals surface area contributed by atoms with E-state index in [0.717, 1.165) is 5.56 Å². The van der Waals surface area contributed by atoms with Gasteiger partial charge in [-0.3, -0.25) is 4.79 Å². The molecule has 0 bridgehead atoms. The Kier molecular flexibility index (Phi) is 6.58. The standard InChI is InChI=1S/C21H20N2O3/c1-3-7-17-10-16(12-19(26-2)20(17)24)11-18(13-22)21(25)23-14-15-8-5-4-6-9-15/h3-6,8-12,24H,1,7,14H2,2H3,(H,23,25)/b18-11-. The molecule has 0 fully saturated rings. The van der Waals surface area contributed by atoms with Crippen molar-refractivity contribution >= 4 is 12.0 Å². The van der Waals surface area contributed by atoms with Crippen LogP contribution in [0.25, 0.3) is 6.08 Å². The van der Waals surface area contributed by atoms with Crippen molar-refractivity contribution in [2.24, 2.45) is 0 Å². The number of carbonyl (C=O) groups excluding carboxylic acids is 1. The molecule has 5 nitrogen and oxygen atoms in total. The van der Waals surface area contributed by atoms with E-state index in [-0.39, 0.29) is 17.1 Å². The van der Waals surface area contributed by atoms with Crippen LogP contribution in [0.5, 0.6) is 11.5 Å². The maximum atomic E-state index is 12.3. The lowest BCUT2D eigenvalue weighted by Crippen LogP contribution is -2.23. The molecule has 2 N–H and O–H groups in total. The average molecular weight is 348 g/mol. The van der Waals surface area contributed by atoms with E-state index in [2.05, 4.69) is 11.9 Å². The van der Waals surface area contributed by atoms with Crippen LogP contribution in [-0.4, -0.2) is 18.1 Å². The fourth-order valence-electron chi connectivity index (χ4n) is 2.43. The van der Waals surface area contributed by atoms with E-state index in [9.17, 15) is 15.2 Å². The second kappa shape index (κ2) is 9.09. The van der Waals surface area contributed by atoms with Crippen molar-refractivity contribution in [1.29, 1.82) is 5.26 Å². The number of amides is 1. The largest absolute Gasteiger partial charge is 0.504 e. The summed E-state index contributed by atoms with van der Waals surface area (Å²) in [5.74, 6) is -0.164. The minimum Gasteiger partial charge on any atom is -0.504 e. The summed E-state index contributed by atoms with van der Waals surface area (Å²) in [6, 6.07) is 14.6. The number of carbonyl (C=O) groups is 1. The van der Waals surface area contributed by atoms with Crippen LogP contribution in [0.2, 0.25) is 0 Å². The number of rotatable bonds is 7. The summed E-state index contributed by atoms with van der Waals surface area (Å²) in [4.78, 5) is 12.3. The van der Waals surface area contributed by atoms with Gasteiger partial charge in [0.25, 0.3) is 5.91 Å². The third kappa shape index (κ3) is 4.74.